The predicted molar refractivity (Wildman–Crippen MR) is 111 cm³/mol. The molecule has 0 aromatic rings. The highest BCUT2D eigenvalue weighted by Gasteiger charge is 2.40. The zero-order valence-corrected chi connectivity index (χ0v) is 18.6. The summed E-state index contributed by atoms with van der Waals surface area (Å²) in [6.45, 7) is 12.1. The number of carbonyl (C=O) groups excluding carboxylic acids is 2. The Labute approximate surface area is 170 Å². The molecule has 7 unspecified atom stereocenters. The number of nitrogens with zero attached hydrogens (tertiary/aromatic N) is 1. The monoisotopic (exact) mass is 399 g/mol. The minimum atomic E-state index is -0.143. The number of hydrogen-bond donors (Lipinski definition) is 2. The Kier molecular flexibility index (Phi) is 7.99. The highest BCUT2D eigenvalue weighted by Crippen LogP contribution is 2.36. The molecule has 0 radical (unpaired) electrons. The van der Waals surface area contributed by atoms with Crippen molar-refractivity contribution >= 4 is 23.4 Å². The van der Waals surface area contributed by atoms with Crippen LogP contribution in [0.15, 0.2) is 0 Å². The molecule has 7 atom stereocenters. The maximum atomic E-state index is 12.9. The minimum absolute atomic E-state index is 0.0225. The molecule has 1 aliphatic heterocycles. The van der Waals surface area contributed by atoms with Crippen molar-refractivity contribution in [1.82, 2.24) is 15.5 Å². The number of nitrogens with one attached hydrogen (secondary N) is 2. The zero-order chi connectivity index (χ0) is 20.3. The lowest BCUT2D eigenvalue weighted by atomic mass is 9.75. The Hall–Kier alpha value is -0.810. The number of halogens is 1. The lowest BCUT2D eigenvalue weighted by molar-refractivity contribution is -0.131. The Bertz CT molecular complexity index is 528. The molecule has 1 saturated heterocycles. The highest BCUT2D eigenvalue weighted by molar-refractivity contribution is 6.20. The van der Waals surface area contributed by atoms with Gasteiger partial charge in [0, 0.05) is 36.5 Å². The van der Waals surface area contributed by atoms with Gasteiger partial charge in [0.05, 0.1) is 5.92 Å². The van der Waals surface area contributed by atoms with Crippen LogP contribution >= 0.6 is 11.6 Å². The molecular formula is C21H38ClN3O2. The van der Waals surface area contributed by atoms with E-state index in [9.17, 15) is 9.59 Å². The first-order chi connectivity index (χ1) is 12.6. The van der Waals surface area contributed by atoms with Gasteiger partial charge in [-0.15, -0.1) is 11.6 Å². The molecule has 2 amide bonds. The van der Waals surface area contributed by atoms with Crippen molar-refractivity contribution in [2.45, 2.75) is 71.3 Å². The van der Waals surface area contributed by atoms with Crippen LogP contribution in [0.25, 0.3) is 0 Å². The van der Waals surface area contributed by atoms with Crippen LogP contribution in [0, 0.1) is 29.6 Å². The fourth-order valence-electron chi connectivity index (χ4n) is 4.99. The first-order valence-electron chi connectivity index (χ1n) is 10.5. The molecule has 2 fully saturated rings. The Morgan fingerprint density at radius 2 is 1.93 bits per heavy atom. The van der Waals surface area contributed by atoms with Crippen molar-refractivity contribution in [2.75, 3.05) is 20.1 Å². The van der Waals surface area contributed by atoms with Crippen LogP contribution in [0.2, 0.25) is 0 Å². The van der Waals surface area contributed by atoms with Gasteiger partial charge < -0.3 is 15.5 Å². The van der Waals surface area contributed by atoms with Gasteiger partial charge in [-0.05, 0) is 51.0 Å². The molecule has 1 aliphatic carbocycles. The molecule has 2 N–H and O–H groups in total. The van der Waals surface area contributed by atoms with Crippen LogP contribution in [0.5, 0.6) is 0 Å². The van der Waals surface area contributed by atoms with E-state index in [1.807, 2.05) is 6.92 Å². The lowest BCUT2D eigenvalue weighted by Crippen LogP contribution is -2.53. The van der Waals surface area contributed by atoms with E-state index in [0.717, 1.165) is 19.4 Å². The lowest BCUT2D eigenvalue weighted by Gasteiger charge is -2.43. The van der Waals surface area contributed by atoms with Crippen LogP contribution in [0.4, 0.5) is 0 Å². The van der Waals surface area contributed by atoms with E-state index in [1.165, 1.54) is 0 Å². The summed E-state index contributed by atoms with van der Waals surface area (Å²) in [5.74, 6) is 0.984. The molecule has 2 aliphatic rings. The summed E-state index contributed by atoms with van der Waals surface area (Å²) in [5, 5.41) is 6.10. The first kappa shape index (κ1) is 22.5. The van der Waals surface area contributed by atoms with Gasteiger partial charge in [0.25, 0.3) is 0 Å². The summed E-state index contributed by atoms with van der Waals surface area (Å²) in [6, 6.07) is 0.532. The molecule has 2 rings (SSSR count). The fraction of sp³-hybridized carbons (Fsp3) is 0.905. The van der Waals surface area contributed by atoms with E-state index >= 15 is 0 Å². The van der Waals surface area contributed by atoms with E-state index in [-0.39, 0.29) is 46.9 Å². The Morgan fingerprint density at radius 1 is 1.26 bits per heavy atom. The highest BCUT2D eigenvalue weighted by atomic mass is 35.5. The van der Waals surface area contributed by atoms with Gasteiger partial charge in [0.1, 0.15) is 0 Å². The van der Waals surface area contributed by atoms with Gasteiger partial charge in [-0.3, -0.25) is 9.59 Å². The normalized spacial score (nSPS) is 37.4. The quantitative estimate of drug-likeness (QED) is 0.675. The molecule has 27 heavy (non-hydrogen) atoms. The second-order valence-electron chi connectivity index (χ2n) is 9.41. The van der Waals surface area contributed by atoms with E-state index in [2.05, 4.69) is 50.3 Å². The number of carbonyl (C=O) groups is 2. The van der Waals surface area contributed by atoms with Gasteiger partial charge in [-0.25, -0.2) is 0 Å². The molecular weight excluding hydrogens is 362 g/mol. The van der Waals surface area contributed by atoms with Crippen molar-refractivity contribution in [2.24, 2.45) is 29.6 Å². The maximum Gasteiger partial charge on any atom is 0.225 e. The fourth-order valence-corrected chi connectivity index (χ4v) is 5.37. The van der Waals surface area contributed by atoms with Crippen LogP contribution in [0.3, 0.4) is 0 Å². The van der Waals surface area contributed by atoms with E-state index in [1.54, 1.807) is 0 Å². The van der Waals surface area contributed by atoms with Crippen LogP contribution < -0.4 is 10.6 Å². The molecule has 0 aromatic carbocycles. The van der Waals surface area contributed by atoms with E-state index in [0.29, 0.717) is 24.9 Å². The zero-order valence-electron chi connectivity index (χ0n) is 17.8. The third-order valence-corrected chi connectivity index (χ3v) is 6.79. The number of hydrogen-bond acceptors (Lipinski definition) is 3. The van der Waals surface area contributed by atoms with Crippen molar-refractivity contribution in [1.29, 1.82) is 0 Å². The Balaban J connectivity index is 1.97. The van der Waals surface area contributed by atoms with E-state index < -0.39 is 0 Å². The molecule has 1 heterocycles. The molecule has 156 valence electrons. The molecule has 1 saturated carbocycles. The predicted octanol–water partition coefficient (Wildman–Crippen LogP) is 2.87. The summed E-state index contributed by atoms with van der Waals surface area (Å²) < 4.78 is 0. The van der Waals surface area contributed by atoms with Crippen molar-refractivity contribution in [3.8, 4) is 0 Å². The summed E-state index contributed by atoms with van der Waals surface area (Å²) in [7, 11) is 2.14. The minimum Gasteiger partial charge on any atom is -0.355 e. The second kappa shape index (κ2) is 9.60. The van der Waals surface area contributed by atoms with Crippen molar-refractivity contribution in [3.63, 3.8) is 0 Å². The summed E-state index contributed by atoms with van der Waals surface area (Å²) in [6.07, 6.45) is 2.59. The number of amides is 2. The molecule has 0 bridgehead atoms. The number of rotatable bonds is 6. The van der Waals surface area contributed by atoms with Crippen LogP contribution in [-0.4, -0.2) is 54.3 Å². The van der Waals surface area contributed by atoms with Gasteiger partial charge in [0.2, 0.25) is 11.8 Å². The smallest absolute Gasteiger partial charge is 0.225 e. The standard InChI is InChI=1S/C21H38ClN3O2/c1-12(2)11-25(6)19-9-16(22)8-17(15(19)5)20(26)23-10-18-13(3)7-14(4)24-21(18)27/h12-19H,7-11H2,1-6H3,(H,23,26)(H,24,27). The summed E-state index contributed by atoms with van der Waals surface area (Å²) in [4.78, 5) is 27.6. The van der Waals surface area contributed by atoms with Gasteiger partial charge >= 0.3 is 0 Å². The molecule has 0 spiro atoms. The third kappa shape index (κ3) is 5.83. The Morgan fingerprint density at radius 3 is 2.52 bits per heavy atom. The molecule has 6 heteroatoms. The SMILES string of the molecule is CC(C)CN(C)C1CC(Cl)CC(C(=O)NCC2C(=O)NC(C)CC2C)C1C. The van der Waals surface area contributed by atoms with Gasteiger partial charge in [-0.1, -0.05) is 27.7 Å². The third-order valence-electron chi connectivity index (χ3n) is 6.44. The molecule has 5 nitrogen and oxygen atoms in total. The maximum absolute atomic E-state index is 12.9. The van der Waals surface area contributed by atoms with Crippen LogP contribution in [-0.2, 0) is 9.59 Å². The number of piperidine rings is 1. The van der Waals surface area contributed by atoms with Crippen molar-refractivity contribution in [3.05, 3.63) is 0 Å². The average Bonchev–Trinajstić information content (AvgIpc) is 2.54. The summed E-state index contributed by atoms with van der Waals surface area (Å²) >= 11 is 6.54. The van der Waals surface area contributed by atoms with Gasteiger partial charge in [0.15, 0.2) is 0 Å². The van der Waals surface area contributed by atoms with Gasteiger partial charge in [-0.2, -0.15) is 0 Å². The largest absolute Gasteiger partial charge is 0.355 e. The number of alkyl halides is 1. The van der Waals surface area contributed by atoms with Crippen molar-refractivity contribution < 1.29 is 9.59 Å². The van der Waals surface area contributed by atoms with Crippen LogP contribution in [0.1, 0.15) is 53.9 Å². The average molecular weight is 400 g/mol. The molecule has 0 aromatic heterocycles. The second-order valence-corrected chi connectivity index (χ2v) is 10.0. The van der Waals surface area contributed by atoms with E-state index in [4.69, 9.17) is 11.6 Å². The first-order valence-corrected chi connectivity index (χ1v) is 11.0. The topological polar surface area (TPSA) is 61.4 Å². The summed E-state index contributed by atoms with van der Waals surface area (Å²) in [5.41, 5.74) is 0.